The van der Waals surface area contributed by atoms with Gasteiger partial charge in [-0.1, -0.05) is 0 Å². The van der Waals surface area contributed by atoms with E-state index in [-0.39, 0.29) is 18.6 Å². The number of benzene rings is 1. The third-order valence-electron chi connectivity index (χ3n) is 3.68. The average Bonchev–Trinajstić information content (AvgIpc) is 2.87. The lowest BCUT2D eigenvalue weighted by Gasteiger charge is -2.19. The number of carbonyl (C=O) groups is 1. The topological polar surface area (TPSA) is 55.8 Å². The van der Waals surface area contributed by atoms with Gasteiger partial charge < -0.3 is 14.6 Å². The Morgan fingerprint density at radius 2 is 2.22 bits per heavy atom. The second-order valence-corrected chi connectivity index (χ2v) is 5.76. The first-order chi connectivity index (χ1) is 8.53. The molecule has 1 aromatic rings. The maximum absolute atomic E-state index is 11.0. The van der Waals surface area contributed by atoms with E-state index in [1.54, 1.807) is 0 Å². The Morgan fingerprint density at radius 3 is 2.83 bits per heavy atom. The van der Waals surface area contributed by atoms with Crippen LogP contribution in [0.5, 0.6) is 11.5 Å². The van der Waals surface area contributed by atoms with Crippen LogP contribution >= 0.6 is 15.9 Å². The molecule has 1 N–H and O–H groups in total. The highest BCUT2D eigenvalue weighted by Gasteiger charge is 2.49. The number of rotatable bonds is 3. The molecule has 1 aliphatic heterocycles. The minimum absolute atomic E-state index is 0.173. The van der Waals surface area contributed by atoms with Gasteiger partial charge in [0.15, 0.2) is 11.5 Å². The molecule has 2 aliphatic rings. The highest BCUT2D eigenvalue weighted by molar-refractivity contribution is 9.10. The molecular weight excluding hydrogens is 300 g/mol. The molecule has 1 aromatic carbocycles. The van der Waals surface area contributed by atoms with Crippen molar-refractivity contribution in [1.82, 2.24) is 0 Å². The fourth-order valence-electron chi connectivity index (χ4n) is 2.73. The minimum atomic E-state index is -0.753. The number of carboxylic acid groups (broad SMARTS) is 1. The molecule has 3 rings (SSSR count). The van der Waals surface area contributed by atoms with E-state index in [9.17, 15) is 4.79 Å². The molecule has 0 radical (unpaired) electrons. The molecule has 96 valence electrons. The lowest BCUT2D eigenvalue weighted by Crippen LogP contribution is -2.15. The average molecular weight is 313 g/mol. The molecule has 5 heteroatoms. The molecule has 1 saturated carbocycles. The monoisotopic (exact) mass is 312 g/mol. The maximum atomic E-state index is 11.0. The third-order valence-corrected chi connectivity index (χ3v) is 4.43. The van der Waals surface area contributed by atoms with Crippen molar-refractivity contribution in [2.45, 2.75) is 31.6 Å². The summed E-state index contributed by atoms with van der Waals surface area (Å²) in [6.45, 7) is 2.22. The zero-order valence-corrected chi connectivity index (χ0v) is 11.5. The number of carboxylic acids is 1. The molecule has 0 bridgehead atoms. The van der Waals surface area contributed by atoms with Crippen molar-refractivity contribution in [3.05, 3.63) is 21.7 Å². The quantitative estimate of drug-likeness (QED) is 0.932. The summed E-state index contributed by atoms with van der Waals surface area (Å²) in [6, 6.07) is 1.93. The number of fused-ring (bicyclic) bond motifs is 1. The fourth-order valence-corrected chi connectivity index (χ4v) is 3.77. The van der Waals surface area contributed by atoms with Crippen LogP contribution in [0.2, 0.25) is 0 Å². The molecule has 1 heterocycles. The molecule has 0 aromatic heterocycles. The van der Waals surface area contributed by atoms with Crippen LogP contribution in [0.1, 0.15) is 30.4 Å². The lowest BCUT2D eigenvalue weighted by molar-refractivity contribution is -0.137. The van der Waals surface area contributed by atoms with Gasteiger partial charge in [0.1, 0.15) is 0 Å². The van der Waals surface area contributed by atoms with E-state index in [2.05, 4.69) is 15.9 Å². The highest BCUT2D eigenvalue weighted by atomic mass is 79.9. The van der Waals surface area contributed by atoms with Crippen molar-refractivity contribution in [2.24, 2.45) is 0 Å². The van der Waals surface area contributed by atoms with Gasteiger partial charge in [0.2, 0.25) is 6.79 Å². The molecule has 18 heavy (non-hydrogen) atoms. The summed E-state index contributed by atoms with van der Waals surface area (Å²) in [5.74, 6) is 0.679. The van der Waals surface area contributed by atoms with E-state index in [0.29, 0.717) is 5.75 Å². The zero-order valence-electron chi connectivity index (χ0n) is 9.96. The van der Waals surface area contributed by atoms with Crippen molar-refractivity contribution in [2.75, 3.05) is 6.79 Å². The number of ether oxygens (including phenoxy) is 2. The molecule has 0 unspecified atom stereocenters. The standard InChI is InChI=1S/C13H13BrO4/c1-7-4-8-12(18-6-17-8)11(14)10(7)13(2-3-13)5-9(15)16/h4H,2-3,5-6H2,1H3,(H,15,16). The molecule has 0 spiro atoms. The van der Waals surface area contributed by atoms with Crippen molar-refractivity contribution in [3.63, 3.8) is 0 Å². The van der Waals surface area contributed by atoms with Gasteiger partial charge in [-0.05, 0) is 52.9 Å². The van der Waals surface area contributed by atoms with Crippen molar-refractivity contribution in [3.8, 4) is 11.5 Å². The summed E-state index contributed by atoms with van der Waals surface area (Å²) in [5, 5.41) is 9.05. The van der Waals surface area contributed by atoms with Gasteiger partial charge in [0.05, 0.1) is 10.9 Å². The van der Waals surface area contributed by atoms with Crippen LogP contribution in [-0.2, 0) is 10.2 Å². The summed E-state index contributed by atoms with van der Waals surface area (Å²) < 4.78 is 11.7. The van der Waals surface area contributed by atoms with Gasteiger partial charge >= 0.3 is 5.97 Å². The number of aliphatic carboxylic acids is 1. The highest BCUT2D eigenvalue weighted by Crippen LogP contribution is 2.57. The second kappa shape index (κ2) is 3.88. The van der Waals surface area contributed by atoms with Crippen LogP contribution in [0, 0.1) is 6.92 Å². The molecular formula is C13H13BrO4. The van der Waals surface area contributed by atoms with Gasteiger partial charge in [-0.2, -0.15) is 0 Å². The molecule has 1 aliphatic carbocycles. The van der Waals surface area contributed by atoms with Crippen LogP contribution in [0.15, 0.2) is 10.5 Å². The second-order valence-electron chi connectivity index (χ2n) is 4.97. The summed E-state index contributed by atoms with van der Waals surface area (Å²) in [7, 11) is 0. The van der Waals surface area contributed by atoms with Gasteiger partial charge in [0, 0.05) is 5.41 Å². The van der Waals surface area contributed by atoms with Crippen molar-refractivity contribution < 1.29 is 19.4 Å². The van der Waals surface area contributed by atoms with Gasteiger partial charge in [-0.15, -0.1) is 0 Å². The van der Waals surface area contributed by atoms with Crippen LogP contribution in [-0.4, -0.2) is 17.9 Å². The summed E-state index contributed by atoms with van der Waals surface area (Å²) in [4.78, 5) is 11.0. The van der Waals surface area contributed by atoms with Crippen LogP contribution < -0.4 is 9.47 Å². The van der Waals surface area contributed by atoms with Crippen LogP contribution in [0.25, 0.3) is 0 Å². The normalized spacial score (nSPS) is 18.8. The summed E-state index contributed by atoms with van der Waals surface area (Å²) in [5.41, 5.74) is 1.90. The Hall–Kier alpha value is -1.23. The number of hydrogen-bond donors (Lipinski definition) is 1. The fraction of sp³-hybridized carbons (Fsp3) is 0.462. The number of halogens is 1. The maximum Gasteiger partial charge on any atom is 0.304 e. The van der Waals surface area contributed by atoms with Gasteiger partial charge in [0.25, 0.3) is 0 Å². The van der Waals surface area contributed by atoms with Crippen LogP contribution in [0.3, 0.4) is 0 Å². The smallest absolute Gasteiger partial charge is 0.304 e. The molecule has 1 fully saturated rings. The first-order valence-corrected chi connectivity index (χ1v) is 6.64. The number of aryl methyl sites for hydroxylation is 1. The van der Waals surface area contributed by atoms with E-state index in [1.807, 2.05) is 13.0 Å². The Balaban J connectivity index is 2.10. The van der Waals surface area contributed by atoms with Crippen molar-refractivity contribution in [1.29, 1.82) is 0 Å². The van der Waals surface area contributed by atoms with E-state index < -0.39 is 5.97 Å². The lowest BCUT2D eigenvalue weighted by atomic mass is 9.88. The molecule has 0 amide bonds. The van der Waals surface area contributed by atoms with Crippen LogP contribution in [0.4, 0.5) is 0 Å². The largest absolute Gasteiger partial charge is 0.481 e. The minimum Gasteiger partial charge on any atom is -0.481 e. The SMILES string of the molecule is Cc1cc2c(c(Br)c1C1(CC(=O)O)CC1)OCO2. The predicted octanol–water partition coefficient (Wildman–Crippen LogP) is 2.99. The summed E-state index contributed by atoms with van der Waals surface area (Å²) >= 11 is 3.55. The van der Waals surface area contributed by atoms with Crippen molar-refractivity contribution >= 4 is 21.9 Å². The molecule has 0 atom stereocenters. The van der Waals surface area contributed by atoms with Gasteiger partial charge in [-0.3, -0.25) is 4.79 Å². The summed E-state index contributed by atoms with van der Waals surface area (Å²) in [6.07, 6.45) is 2.00. The van der Waals surface area contributed by atoms with Gasteiger partial charge in [-0.25, -0.2) is 0 Å². The number of hydrogen-bond acceptors (Lipinski definition) is 3. The van der Waals surface area contributed by atoms with E-state index in [0.717, 1.165) is 34.2 Å². The zero-order chi connectivity index (χ0) is 12.9. The van der Waals surface area contributed by atoms with E-state index in [1.165, 1.54) is 0 Å². The Bertz CT molecular complexity index is 534. The predicted molar refractivity (Wildman–Crippen MR) is 68.2 cm³/mol. The first kappa shape index (κ1) is 11.8. The Labute approximate surface area is 113 Å². The van der Waals surface area contributed by atoms with E-state index >= 15 is 0 Å². The first-order valence-electron chi connectivity index (χ1n) is 5.84. The third kappa shape index (κ3) is 1.68. The van der Waals surface area contributed by atoms with E-state index in [4.69, 9.17) is 14.6 Å². The molecule has 0 saturated heterocycles. The molecule has 4 nitrogen and oxygen atoms in total. The Kier molecular flexibility index (Phi) is 2.55. The Morgan fingerprint density at radius 1 is 1.50 bits per heavy atom.